The molecule has 184 valence electrons. The van der Waals surface area contributed by atoms with Crippen LogP contribution in [0, 0.1) is 11.8 Å². The van der Waals surface area contributed by atoms with Gasteiger partial charge in [-0.2, -0.15) is 5.10 Å². The van der Waals surface area contributed by atoms with E-state index in [1.807, 2.05) is 7.05 Å². The average Bonchev–Trinajstić information content (AvgIpc) is 3.24. The van der Waals surface area contributed by atoms with Crippen LogP contribution in [0.5, 0.6) is 0 Å². The maximum Gasteiger partial charge on any atom is 0.124 e. The summed E-state index contributed by atoms with van der Waals surface area (Å²) in [5.41, 5.74) is 2.60. The first-order valence-electron chi connectivity index (χ1n) is 12.5. The SMILES string of the molecule is CNCCN(C)Cc1c[nH]nc1[C@H]1CC[C@@H](N(CCCOC)CC(C=O)CC(C)C)CC1. The van der Waals surface area contributed by atoms with E-state index in [4.69, 9.17) is 4.74 Å². The molecular formula is C25H47N5O2. The van der Waals surface area contributed by atoms with Gasteiger partial charge in [-0.25, -0.2) is 0 Å². The molecule has 1 heterocycles. The number of carbonyl (C=O) groups excluding carboxylic acids is 1. The zero-order valence-electron chi connectivity index (χ0n) is 21.1. The molecule has 1 fully saturated rings. The Kier molecular flexibility index (Phi) is 12.5. The van der Waals surface area contributed by atoms with E-state index in [0.29, 0.717) is 17.9 Å². The molecule has 0 aliphatic heterocycles. The summed E-state index contributed by atoms with van der Waals surface area (Å²) in [6.45, 7) is 10.0. The van der Waals surface area contributed by atoms with E-state index in [2.05, 4.69) is 52.4 Å². The summed E-state index contributed by atoms with van der Waals surface area (Å²) in [6, 6.07) is 0.554. The minimum Gasteiger partial charge on any atom is -0.385 e. The molecule has 0 saturated heterocycles. The lowest BCUT2D eigenvalue weighted by molar-refractivity contribution is -0.112. The number of nitrogens with one attached hydrogen (secondary N) is 2. The summed E-state index contributed by atoms with van der Waals surface area (Å²) >= 11 is 0. The molecule has 0 aromatic carbocycles. The van der Waals surface area contributed by atoms with Crippen molar-refractivity contribution in [1.82, 2.24) is 25.3 Å². The normalized spacial score (nSPS) is 20.4. The largest absolute Gasteiger partial charge is 0.385 e. The van der Waals surface area contributed by atoms with Crippen molar-refractivity contribution in [3.63, 3.8) is 0 Å². The van der Waals surface area contributed by atoms with Gasteiger partial charge >= 0.3 is 0 Å². The number of rotatable bonds is 16. The number of aldehydes is 1. The summed E-state index contributed by atoms with van der Waals surface area (Å²) in [5.74, 6) is 1.20. The highest BCUT2D eigenvalue weighted by Gasteiger charge is 2.30. The molecule has 2 N–H and O–H groups in total. The first-order valence-corrected chi connectivity index (χ1v) is 12.5. The summed E-state index contributed by atoms with van der Waals surface area (Å²) in [7, 11) is 5.93. The third-order valence-electron chi connectivity index (χ3n) is 6.77. The van der Waals surface area contributed by atoms with Crippen LogP contribution in [0.2, 0.25) is 0 Å². The van der Waals surface area contributed by atoms with Gasteiger partial charge in [-0.05, 0) is 58.5 Å². The van der Waals surface area contributed by atoms with Gasteiger partial charge in [0.05, 0.1) is 5.69 Å². The Balaban J connectivity index is 1.95. The number of methoxy groups -OCH3 is 1. The number of aromatic amines is 1. The Morgan fingerprint density at radius 2 is 2.03 bits per heavy atom. The maximum atomic E-state index is 11.7. The van der Waals surface area contributed by atoms with E-state index in [1.165, 1.54) is 43.2 Å². The fraction of sp³-hybridized carbons (Fsp3) is 0.840. The molecule has 7 heteroatoms. The zero-order chi connectivity index (χ0) is 23.3. The van der Waals surface area contributed by atoms with E-state index >= 15 is 0 Å². The molecule has 7 nitrogen and oxygen atoms in total. The minimum atomic E-state index is 0.126. The highest BCUT2D eigenvalue weighted by molar-refractivity contribution is 5.53. The smallest absolute Gasteiger partial charge is 0.124 e. The number of carbonyl (C=O) groups is 1. The first-order chi connectivity index (χ1) is 15.5. The molecule has 1 aliphatic rings. The molecule has 0 radical (unpaired) electrons. The number of H-pyrrole nitrogens is 1. The van der Waals surface area contributed by atoms with Gasteiger partial charge in [-0.3, -0.25) is 10.00 Å². The monoisotopic (exact) mass is 449 g/mol. The van der Waals surface area contributed by atoms with E-state index in [-0.39, 0.29) is 5.92 Å². The average molecular weight is 450 g/mol. The van der Waals surface area contributed by atoms with Crippen molar-refractivity contribution < 1.29 is 9.53 Å². The first kappa shape index (κ1) is 27.0. The van der Waals surface area contributed by atoms with Crippen LogP contribution < -0.4 is 5.32 Å². The lowest BCUT2D eigenvalue weighted by atomic mass is 9.82. The molecule has 0 spiro atoms. The van der Waals surface area contributed by atoms with Crippen molar-refractivity contribution in [2.24, 2.45) is 11.8 Å². The molecule has 1 aromatic rings. The third-order valence-corrected chi connectivity index (χ3v) is 6.77. The molecule has 0 bridgehead atoms. The van der Waals surface area contributed by atoms with Gasteiger partial charge < -0.3 is 19.7 Å². The van der Waals surface area contributed by atoms with Crippen molar-refractivity contribution in [1.29, 1.82) is 0 Å². The van der Waals surface area contributed by atoms with Crippen LogP contribution >= 0.6 is 0 Å². The lowest BCUT2D eigenvalue weighted by Crippen LogP contribution is -2.42. The summed E-state index contributed by atoms with van der Waals surface area (Å²) in [5, 5.41) is 11.0. The Morgan fingerprint density at radius 3 is 2.66 bits per heavy atom. The Bertz CT molecular complexity index is 628. The number of hydrogen-bond donors (Lipinski definition) is 2. The zero-order valence-corrected chi connectivity index (χ0v) is 21.1. The molecule has 1 aromatic heterocycles. The van der Waals surface area contributed by atoms with E-state index in [1.54, 1.807) is 7.11 Å². The molecule has 2 rings (SSSR count). The van der Waals surface area contributed by atoms with Crippen LogP contribution in [0.4, 0.5) is 0 Å². The van der Waals surface area contributed by atoms with E-state index in [9.17, 15) is 4.79 Å². The van der Waals surface area contributed by atoms with E-state index in [0.717, 1.165) is 52.2 Å². The van der Waals surface area contributed by atoms with Gasteiger partial charge in [0.25, 0.3) is 0 Å². The van der Waals surface area contributed by atoms with Crippen molar-refractivity contribution in [3.05, 3.63) is 17.5 Å². The van der Waals surface area contributed by atoms with Crippen molar-refractivity contribution >= 4 is 6.29 Å². The molecular weight excluding hydrogens is 402 g/mol. The highest BCUT2D eigenvalue weighted by Crippen LogP contribution is 2.36. The minimum absolute atomic E-state index is 0.126. The van der Waals surface area contributed by atoms with Crippen LogP contribution in [-0.2, 0) is 16.1 Å². The lowest BCUT2D eigenvalue weighted by Gasteiger charge is -2.38. The number of aromatic nitrogens is 2. The van der Waals surface area contributed by atoms with Crippen molar-refractivity contribution in [3.8, 4) is 0 Å². The fourth-order valence-electron chi connectivity index (χ4n) is 5.11. The van der Waals surface area contributed by atoms with Crippen molar-refractivity contribution in [2.45, 2.75) is 70.9 Å². The topological polar surface area (TPSA) is 73.5 Å². The third kappa shape index (κ3) is 8.93. The maximum absolute atomic E-state index is 11.7. The number of ether oxygens (including phenoxy) is 1. The quantitative estimate of drug-likeness (QED) is 0.298. The predicted octanol–water partition coefficient (Wildman–Crippen LogP) is 3.29. The number of nitrogens with zero attached hydrogens (tertiary/aromatic N) is 3. The standard InChI is InChI=1S/C25H47N5O2/c1-20(2)15-21(19-31)17-30(12-6-14-32-5)24-9-7-22(8-10-24)25-23(16-27-28-25)18-29(4)13-11-26-3/h16,19-22,24,26H,6-15,17-18H2,1-5H3,(H,27,28)/t21?,22-,24+. The Morgan fingerprint density at radius 1 is 1.28 bits per heavy atom. The van der Waals surface area contributed by atoms with Gasteiger partial charge in [0.2, 0.25) is 0 Å². The predicted molar refractivity (Wildman–Crippen MR) is 131 cm³/mol. The second kappa shape index (κ2) is 14.8. The second-order valence-electron chi connectivity index (χ2n) is 10.0. The van der Waals surface area contributed by atoms with Crippen LogP contribution in [0.3, 0.4) is 0 Å². The number of likely N-dealkylation sites (N-methyl/N-ethyl adjacent to an activating group) is 2. The molecule has 1 unspecified atom stereocenters. The van der Waals surface area contributed by atoms with Crippen molar-refractivity contribution in [2.75, 3.05) is 54.0 Å². The van der Waals surface area contributed by atoms with Crippen LogP contribution in [0.15, 0.2) is 6.20 Å². The molecule has 32 heavy (non-hydrogen) atoms. The van der Waals surface area contributed by atoms with Crippen LogP contribution in [-0.4, -0.2) is 86.3 Å². The molecule has 1 atom stereocenters. The van der Waals surface area contributed by atoms with Gasteiger partial charge in [0, 0.05) is 76.1 Å². The molecule has 0 amide bonds. The summed E-state index contributed by atoms with van der Waals surface area (Å²) in [4.78, 5) is 16.6. The molecule has 1 aliphatic carbocycles. The highest BCUT2D eigenvalue weighted by atomic mass is 16.5. The molecule has 1 saturated carbocycles. The van der Waals surface area contributed by atoms with Gasteiger partial charge in [0.15, 0.2) is 0 Å². The summed E-state index contributed by atoms with van der Waals surface area (Å²) < 4.78 is 5.29. The van der Waals surface area contributed by atoms with Crippen LogP contribution in [0.1, 0.15) is 69.5 Å². The second-order valence-corrected chi connectivity index (χ2v) is 10.0. The van der Waals surface area contributed by atoms with Gasteiger partial charge in [-0.15, -0.1) is 0 Å². The van der Waals surface area contributed by atoms with Gasteiger partial charge in [-0.1, -0.05) is 13.8 Å². The Labute approximate surface area is 195 Å². The fourth-order valence-corrected chi connectivity index (χ4v) is 5.11. The van der Waals surface area contributed by atoms with Gasteiger partial charge in [0.1, 0.15) is 6.29 Å². The Hall–Kier alpha value is -1.28. The number of hydrogen-bond acceptors (Lipinski definition) is 6. The van der Waals surface area contributed by atoms with Crippen LogP contribution in [0.25, 0.3) is 0 Å². The van der Waals surface area contributed by atoms with E-state index < -0.39 is 0 Å². The summed E-state index contributed by atoms with van der Waals surface area (Å²) in [6.07, 6.45) is 9.92.